The predicted molar refractivity (Wildman–Crippen MR) is 66.7 cm³/mol. The second-order valence-corrected chi connectivity index (χ2v) is 4.97. The van der Waals surface area contributed by atoms with E-state index >= 15 is 0 Å². The number of nitrogens with zero attached hydrogens (tertiary/aromatic N) is 1. The number of rotatable bonds is 2. The third-order valence-corrected chi connectivity index (χ3v) is 3.93. The Bertz CT molecular complexity index is 650. The molecule has 2 aromatic rings. The Morgan fingerprint density at radius 1 is 1.32 bits per heavy atom. The van der Waals surface area contributed by atoms with Crippen LogP contribution in [0.1, 0.15) is 17.9 Å². The molecule has 19 heavy (non-hydrogen) atoms. The largest absolute Gasteiger partial charge is 0.396 e. The predicted octanol–water partition coefficient (Wildman–Crippen LogP) is -0.931. The number of aromatic nitrogens is 3. The van der Waals surface area contributed by atoms with Crippen molar-refractivity contribution in [3.8, 4) is 0 Å². The van der Waals surface area contributed by atoms with Gasteiger partial charge in [-0.05, 0) is 6.42 Å². The SMILES string of the molecule is O=c1[nH]cnc2c([C@@H]3C[C@H](CO)[C@@H](O)[C@H]3O)c[nH]c12. The lowest BCUT2D eigenvalue weighted by Crippen LogP contribution is -2.28. The van der Waals surface area contributed by atoms with Gasteiger partial charge < -0.3 is 25.3 Å². The zero-order chi connectivity index (χ0) is 13.6. The number of nitrogens with one attached hydrogen (secondary N) is 2. The standard InChI is InChI=1S/C12H15N3O4/c16-3-5-1-6(11(18)10(5)17)7-2-13-9-8(7)14-4-15-12(9)19/h2,4-6,10-11,13,16-18H,1,3H2,(H,14,15,19)/t5-,6+,10-,11+/m1/s1. The summed E-state index contributed by atoms with van der Waals surface area (Å²) < 4.78 is 0. The Balaban J connectivity index is 2.06. The van der Waals surface area contributed by atoms with Gasteiger partial charge in [0, 0.05) is 30.2 Å². The van der Waals surface area contributed by atoms with Crippen LogP contribution in [0.5, 0.6) is 0 Å². The summed E-state index contributed by atoms with van der Waals surface area (Å²) in [5, 5.41) is 29.1. The van der Waals surface area contributed by atoms with Crippen molar-refractivity contribution in [1.29, 1.82) is 0 Å². The fraction of sp³-hybridized carbons (Fsp3) is 0.500. The van der Waals surface area contributed by atoms with Gasteiger partial charge in [0.1, 0.15) is 5.52 Å². The lowest BCUT2D eigenvalue weighted by Gasteiger charge is -2.15. The van der Waals surface area contributed by atoms with Gasteiger partial charge in [-0.3, -0.25) is 4.79 Å². The van der Waals surface area contributed by atoms with Crippen molar-refractivity contribution in [2.24, 2.45) is 5.92 Å². The van der Waals surface area contributed by atoms with Crippen molar-refractivity contribution < 1.29 is 15.3 Å². The molecule has 0 amide bonds. The average Bonchev–Trinajstić information content (AvgIpc) is 2.94. The Kier molecular flexibility index (Phi) is 2.89. The molecular formula is C12H15N3O4. The van der Waals surface area contributed by atoms with E-state index < -0.39 is 12.2 Å². The van der Waals surface area contributed by atoms with Crippen LogP contribution in [0, 0.1) is 5.92 Å². The van der Waals surface area contributed by atoms with Crippen LogP contribution in [0.25, 0.3) is 11.0 Å². The Morgan fingerprint density at radius 3 is 2.79 bits per heavy atom. The molecule has 0 unspecified atom stereocenters. The number of fused-ring (bicyclic) bond motifs is 1. The zero-order valence-electron chi connectivity index (χ0n) is 10.1. The summed E-state index contributed by atoms with van der Waals surface area (Å²) in [6.45, 7) is -0.176. The van der Waals surface area contributed by atoms with Crippen LogP contribution in [-0.2, 0) is 0 Å². The Labute approximate surface area is 107 Å². The maximum atomic E-state index is 11.6. The highest BCUT2D eigenvalue weighted by molar-refractivity contribution is 5.78. The third kappa shape index (κ3) is 1.78. The first kappa shape index (κ1) is 12.3. The number of aromatic amines is 2. The minimum atomic E-state index is -0.961. The molecule has 0 saturated heterocycles. The van der Waals surface area contributed by atoms with E-state index in [-0.39, 0.29) is 24.0 Å². The molecular weight excluding hydrogens is 250 g/mol. The molecule has 0 spiro atoms. The second kappa shape index (κ2) is 4.44. The molecule has 0 bridgehead atoms. The van der Waals surface area contributed by atoms with Gasteiger partial charge in [-0.2, -0.15) is 0 Å². The van der Waals surface area contributed by atoms with Gasteiger partial charge in [-0.1, -0.05) is 0 Å². The van der Waals surface area contributed by atoms with Crippen molar-refractivity contribution in [1.82, 2.24) is 15.0 Å². The summed E-state index contributed by atoms with van der Waals surface area (Å²) in [6.07, 6.45) is 1.48. The normalized spacial score (nSPS) is 31.1. The highest BCUT2D eigenvalue weighted by Gasteiger charge is 2.42. The summed E-state index contributed by atoms with van der Waals surface area (Å²) in [7, 11) is 0. The lowest BCUT2D eigenvalue weighted by atomic mass is 9.96. The minimum absolute atomic E-state index is 0.176. The number of hydrogen-bond donors (Lipinski definition) is 5. The Hall–Kier alpha value is -1.70. The van der Waals surface area contributed by atoms with Gasteiger partial charge in [0.2, 0.25) is 0 Å². The summed E-state index contributed by atoms with van der Waals surface area (Å²) in [4.78, 5) is 21.0. The van der Waals surface area contributed by atoms with Crippen LogP contribution in [0.3, 0.4) is 0 Å². The first-order chi connectivity index (χ1) is 9.13. The van der Waals surface area contributed by atoms with Crippen molar-refractivity contribution in [3.63, 3.8) is 0 Å². The van der Waals surface area contributed by atoms with E-state index in [2.05, 4.69) is 15.0 Å². The Morgan fingerprint density at radius 2 is 2.11 bits per heavy atom. The van der Waals surface area contributed by atoms with Crippen molar-refractivity contribution in [2.75, 3.05) is 6.61 Å². The first-order valence-electron chi connectivity index (χ1n) is 6.15. The summed E-state index contributed by atoms with van der Waals surface area (Å²) in [6, 6.07) is 0. The van der Waals surface area contributed by atoms with Crippen LogP contribution < -0.4 is 5.56 Å². The van der Waals surface area contributed by atoms with E-state index in [0.29, 0.717) is 23.0 Å². The van der Waals surface area contributed by atoms with Crippen molar-refractivity contribution >= 4 is 11.0 Å². The van der Waals surface area contributed by atoms with Crippen LogP contribution in [0.2, 0.25) is 0 Å². The molecule has 7 heteroatoms. The van der Waals surface area contributed by atoms with E-state index in [1.54, 1.807) is 6.20 Å². The zero-order valence-corrected chi connectivity index (χ0v) is 10.1. The second-order valence-electron chi connectivity index (χ2n) is 4.97. The first-order valence-corrected chi connectivity index (χ1v) is 6.15. The number of aliphatic hydroxyl groups excluding tert-OH is 3. The molecule has 0 aliphatic heterocycles. The van der Waals surface area contributed by atoms with E-state index in [1.165, 1.54) is 6.33 Å². The molecule has 1 saturated carbocycles. The number of H-pyrrole nitrogens is 2. The van der Waals surface area contributed by atoms with Crippen molar-refractivity contribution in [2.45, 2.75) is 24.5 Å². The highest BCUT2D eigenvalue weighted by Crippen LogP contribution is 2.40. The van der Waals surface area contributed by atoms with Crippen LogP contribution in [-0.4, -0.2) is 49.1 Å². The topological polar surface area (TPSA) is 122 Å². The average molecular weight is 265 g/mol. The van der Waals surface area contributed by atoms with Gasteiger partial charge in [0.15, 0.2) is 0 Å². The van der Waals surface area contributed by atoms with Crippen LogP contribution in [0.15, 0.2) is 17.3 Å². The molecule has 3 rings (SSSR count). The molecule has 2 heterocycles. The number of aliphatic hydroxyl groups is 3. The van der Waals surface area contributed by atoms with E-state index in [4.69, 9.17) is 0 Å². The summed E-state index contributed by atoms with van der Waals surface area (Å²) in [5.41, 5.74) is 1.27. The van der Waals surface area contributed by atoms with E-state index in [9.17, 15) is 20.1 Å². The van der Waals surface area contributed by atoms with Crippen LogP contribution in [0.4, 0.5) is 0 Å². The molecule has 0 aromatic carbocycles. The molecule has 1 aliphatic carbocycles. The van der Waals surface area contributed by atoms with E-state index in [1.807, 2.05) is 0 Å². The van der Waals surface area contributed by atoms with Crippen molar-refractivity contribution in [3.05, 3.63) is 28.4 Å². The molecule has 5 N–H and O–H groups in total. The molecule has 1 fully saturated rings. The summed E-state index contributed by atoms with van der Waals surface area (Å²) in [5.74, 6) is -0.692. The lowest BCUT2D eigenvalue weighted by molar-refractivity contribution is 0.00241. The maximum absolute atomic E-state index is 11.6. The van der Waals surface area contributed by atoms with Gasteiger partial charge in [0.05, 0.1) is 24.1 Å². The molecule has 4 atom stereocenters. The molecule has 0 radical (unpaired) electrons. The highest BCUT2D eigenvalue weighted by atomic mass is 16.3. The van der Waals surface area contributed by atoms with Gasteiger partial charge in [-0.15, -0.1) is 0 Å². The maximum Gasteiger partial charge on any atom is 0.275 e. The molecule has 102 valence electrons. The third-order valence-electron chi connectivity index (χ3n) is 3.93. The fourth-order valence-electron chi connectivity index (χ4n) is 2.87. The van der Waals surface area contributed by atoms with Gasteiger partial charge in [0.25, 0.3) is 5.56 Å². The molecule has 2 aromatic heterocycles. The fourth-order valence-corrected chi connectivity index (χ4v) is 2.87. The van der Waals surface area contributed by atoms with Gasteiger partial charge in [-0.25, -0.2) is 4.98 Å². The molecule has 1 aliphatic rings. The van der Waals surface area contributed by atoms with Crippen LogP contribution >= 0.6 is 0 Å². The minimum Gasteiger partial charge on any atom is -0.396 e. The quantitative estimate of drug-likeness (QED) is 0.480. The smallest absolute Gasteiger partial charge is 0.275 e. The summed E-state index contributed by atoms with van der Waals surface area (Å²) >= 11 is 0. The number of hydrogen-bond acceptors (Lipinski definition) is 5. The monoisotopic (exact) mass is 265 g/mol. The van der Waals surface area contributed by atoms with Gasteiger partial charge >= 0.3 is 0 Å². The molecule has 7 nitrogen and oxygen atoms in total. The van der Waals surface area contributed by atoms with E-state index in [0.717, 1.165) is 0 Å².